The van der Waals surface area contributed by atoms with E-state index in [0.29, 0.717) is 38.8 Å². The molecule has 0 aliphatic heterocycles. The molecule has 0 bridgehead atoms. The van der Waals surface area contributed by atoms with Crippen molar-refractivity contribution in [2.24, 2.45) is 7.05 Å². The van der Waals surface area contributed by atoms with Gasteiger partial charge >= 0.3 is 17.3 Å². The van der Waals surface area contributed by atoms with Gasteiger partial charge in [-0.05, 0) is 25.7 Å². The topological polar surface area (TPSA) is 106 Å². The molecule has 0 aliphatic rings. The normalized spacial score (nSPS) is 12.4. The highest BCUT2D eigenvalue weighted by Crippen LogP contribution is 2.08. The first-order valence-electron chi connectivity index (χ1n) is 9.65. The molecular weight excluding hydrogens is 338 g/mol. The third-order valence-corrected chi connectivity index (χ3v) is 4.63. The molecule has 1 aromatic rings. The van der Waals surface area contributed by atoms with Crippen molar-refractivity contribution in [3.05, 3.63) is 21.0 Å². The summed E-state index contributed by atoms with van der Waals surface area (Å²) in [5.74, 6) is -0.796. The highest BCUT2D eigenvalue weighted by atomic mass is 16.4. The minimum Gasteiger partial charge on any atom is -0.481 e. The van der Waals surface area contributed by atoms with Crippen LogP contribution < -0.4 is 11.4 Å². The van der Waals surface area contributed by atoms with Gasteiger partial charge < -0.3 is 10.2 Å². The first-order valence-corrected chi connectivity index (χ1v) is 9.65. The van der Waals surface area contributed by atoms with Crippen LogP contribution in [0.1, 0.15) is 71.1 Å². The van der Waals surface area contributed by atoms with Crippen LogP contribution in [0.4, 0.5) is 0 Å². The number of aliphatic hydroxyl groups is 1. The molecule has 0 saturated heterocycles. The van der Waals surface area contributed by atoms with Gasteiger partial charge in [-0.3, -0.25) is 4.79 Å². The van der Waals surface area contributed by atoms with E-state index in [1.54, 1.807) is 0 Å². The maximum Gasteiger partial charge on any atom is 0.346 e. The summed E-state index contributed by atoms with van der Waals surface area (Å²) in [5.41, 5.74) is -0.706. The molecule has 1 atom stereocenters. The van der Waals surface area contributed by atoms with Crippen LogP contribution in [0.5, 0.6) is 0 Å². The number of aliphatic hydroxyl groups excluding tert-OH is 1. The van der Waals surface area contributed by atoms with Gasteiger partial charge in [0.05, 0.1) is 6.10 Å². The Kier molecular flexibility index (Phi) is 10.0. The number of aliphatic carboxylic acids is 1. The lowest BCUT2D eigenvalue weighted by Crippen LogP contribution is -2.28. The first kappa shape index (κ1) is 22.2. The van der Waals surface area contributed by atoms with Gasteiger partial charge in [0.2, 0.25) is 0 Å². The van der Waals surface area contributed by atoms with Crippen LogP contribution in [-0.4, -0.2) is 36.2 Å². The Balaban J connectivity index is 2.57. The van der Waals surface area contributed by atoms with Gasteiger partial charge in [-0.1, -0.05) is 39.0 Å². The van der Waals surface area contributed by atoms with Crippen molar-refractivity contribution in [3.8, 4) is 0 Å². The molecule has 8 nitrogen and oxygen atoms in total. The predicted molar refractivity (Wildman–Crippen MR) is 99.4 cm³/mol. The maximum absolute atomic E-state index is 12.3. The summed E-state index contributed by atoms with van der Waals surface area (Å²) < 4.78 is 3.95. The lowest BCUT2D eigenvalue weighted by atomic mass is 10.1. The fourth-order valence-corrected chi connectivity index (χ4v) is 3.00. The van der Waals surface area contributed by atoms with Gasteiger partial charge in [0.25, 0.3) is 0 Å². The average Bonchev–Trinajstić information content (AvgIpc) is 2.80. The smallest absolute Gasteiger partial charge is 0.346 e. The molecule has 0 aliphatic carbocycles. The summed E-state index contributed by atoms with van der Waals surface area (Å²) in [4.78, 5) is 35.0. The van der Waals surface area contributed by atoms with Crippen molar-refractivity contribution in [2.75, 3.05) is 0 Å². The molecule has 1 unspecified atom stereocenters. The molecule has 8 heteroatoms. The molecule has 1 heterocycles. The van der Waals surface area contributed by atoms with E-state index in [4.69, 9.17) is 5.11 Å². The monoisotopic (exact) mass is 371 g/mol. The minimum absolute atomic E-state index is 0.159. The minimum atomic E-state index is -0.796. The number of aromatic nitrogens is 3. The third kappa shape index (κ3) is 7.19. The number of rotatable bonds is 14. The number of carboxylic acid groups (broad SMARTS) is 1. The van der Waals surface area contributed by atoms with E-state index in [9.17, 15) is 19.5 Å². The Morgan fingerprint density at radius 3 is 2.15 bits per heavy atom. The van der Waals surface area contributed by atoms with Crippen LogP contribution in [0.3, 0.4) is 0 Å². The van der Waals surface area contributed by atoms with Gasteiger partial charge in [-0.25, -0.2) is 23.5 Å². The molecule has 0 amide bonds. The van der Waals surface area contributed by atoms with Crippen LogP contribution in [0.25, 0.3) is 0 Å². The van der Waals surface area contributed by atoms with Crippen LogP contribution in [0.2, 0.25) is 0 Å². The zero-order valence-electron chi connectivity index (χ0n) is 16.0. The van der Waals surface area contributed by atoms with Crippen molar-refractivity contribution in [3.63, 3.8) is 0 Å². The van der Waals surface area contributed by atoms with Gasteiger partial charge in [0.1, 0.15) is 0 Å². The summed E-state index contributed by atoms with van der Waals surface area (Å²) in [6.07, 6.45) is 6.92. The van der Waals surface area contributed by atoms with Crippen LogP contribution >= 0.6 is 0 Å². The second-order valence-corrected chi connectivity index (χ2v) is 6.87. The molecule has 150 valence electrons. The fraction of sp³-hybridized carbons (Fsp3) is 0.833. The molecule has 0 saturated carbocycles. The molecule has 1 aromatic heterocycles. The summed E-state index contributed by atoms with van der Waals surface area (Å²) in [5, 5.41) is 18.7. The largest absolute Gasteiger partial charge is 0.481 e. The maximum atomic E-state index is 12.3. The average molecular weight is 371 g/mol. The highest BCUT2D eigenvalue weighted by molar-refractivity contribution is 5.66. The molecule has 0 spiro atoms. The van der Waals surface area contributed by atoms with Gasteiger partial charge in [0, 0.05) is 26.6 Å². The Morgan fingerprint density at radius 2 is 1.54 bits per heavy atom. The molecular formula is C18H33N3O5. The second-order valence-electron chi connectivity index (χ2n) is 6.87. The molecule has 0 radical (unpaired) electrons. The van der Waals surface area contributed by atoms with E-state index in [-0.39, 0.29) is 17.8 Å². The second kappa shape index (κ2) is 11.7. The van der Waals surface area contributed by atoms with Crippen molar-refractivity contribution in [2.45, 2.75) is 90.3 Å². The first-order chi connectivity index (χ1) is 12.4. The van der Waals surface area contributed by atoms with Crippen molar-refractivity contribution in [1.82, 2.24) is 13.9 Å². The summed E-state index contributed by atoms with van der Waals surface area (Å²) in [6, 6.07) is 0. The number of nitrogens with zero attached hydrogens (tertiary/aromatic N) is 3. The highest BCUT2D eigenvalue weighted by Gasteiger charge is 2.14. The van der Waals surface area contributed by atoms with E-state index >= 15 is 0 Å². The Hall–Kier alpha value is -1.83. The quantitative estimate of drug-likeness (QED) is 0.484. The van der Waals surface area contributed by atoms with Crippen LogP contribution in [0, 0.1) is 0 Å². The van der Waals surface area contributed by atoms with Gasteiger partial charge in [0.15, 0.2) is 0 Å². The number of carboxylic acids is 1. The Labute approximate surface area is 154 Å². The number of carbonyl (C=O) groups is 1. The van der Waals surface area contributed by atoms with E-state index in [0.717, 1.165) is 36.7 Å². The molecule has 26 heavy (non-hydrogen) atoms. The lowest BCUT2D eigenvalue weighted by Gasteiger charge is -2.13. The summed E-state index contributed by atoms with van der Waals surface area (Å²) in [7, 11) is 1.46. The number of hydrogen-bond acceptors (Lipinski definition) is 4. The van der Waals surface area contributed by atoms with Gasteiger partial charge in [-0.15, -0.1) is 0 Å². The molecule has 0 aromatic carbocycles. The number of unbranched alkanes of at least 4 members (excludes halogenated alkanes) is 5. The van der Waals surface area contributed by atoms with Crippen molar-refractivity contribution < 1.29 is 15.0 Å². The van der Waals surface area contributed by atoms with Gasteiger partial charge in [-0.2, -0.15) is 0 Å². The SMILES string of the molecule is CCCCCC(O)CCn1c(=O)n(C)c(=O)n1CCCCCCC(=O)O. The third-order valence-electron chi connectivity index (χ3n) is 4.63. The molecule has 1 rings (SSSR count). The molecule has 2 N–H and O–H groups in total. The van der Waals surface area contributed by atoms with Crippen LogP contribution in [0.15, 0.2) is 9.59 Å². The van der Waals surface area contributed by atoms with Crippen molar-refractivity contribution >= 4 is 5.97 Å². The standard InChI is InChI=1S/C18H33N3O5/c1-3-4-7-10-15(22)12-14-21-18(26)19(2)17(25)20(21)13-9-6-5-8-11-16(23)24/h15,22H,3-14H2,1-2H3,(H,23,24). The fourth-order valence-electron chi connectivity index (χ4n) is 3.00. The summed E-state index contributed by atoms with van der Waals surface area (Å²) in [6.45, 7) is 2.85. The predicted octanol–water partition coefficient (Wildman–Crippen LogP) is 1.71. The zero-order chi connectivity index (χ0) is 19.5. The van der Waals surface area contributed by atoms with E-state index in [2.05, 4.69) is 6.92 Å². The number of hydrogen-bond donors (Lipinski definition) is 2. The van der Waals surface area contributed by atoms with Crippen molar-refractivity contribution in [1.29, 1.82) is 0 Å². The van der Waals surface area contributed by atoms with E-state index in [1.165, 1.54) is 16.4 Å². The summed E-state index contributed by atoms with van der Waals surface area (Å²) >= 11 is 0. The zero-order valence-corrected chi connectivity index (χ0v) is 16.0. The lowest BCUT2D eigenvalue weighted by molar-refractivity contribution is -0.137. The Morgan fingerprint density at radius 1 is 0.923 bits per heavy atom. The van der Waals surface area contributed by atoms with Crippen LogP contribution in [-0.2, 0) is 24.9 Å². The van der Waals surface area contributed by atoms with E-state index < -0.39 is 12.1 Å². The van der Waals surface area contributed by atoms with E-state index in [1.807, 2.05) is 0 Å². The molecule has 0 fully saturated rings. The Bertz CT molecular complexity index is 659.